The van der Waals surface area contributed by atoms with E-state index in [2.05, 4.69) is 0 Å². The second-order valence-corrected chi connectivity index (χ2v) is 9.96. The first-order valence-electron chi connectivity index (χ1n) is 13.5. The van der Waals surface area contributed by atoms with Gasteiger partial charge in [0, 0.05) is 6.54 Å². The van der Waals surface area contributed by atoms with E-state index in [1.807, 2.05) is 129 Å². The average Bonchev–Trinajstić information content (AvgIpc) is 2.97. The Morgan fingerprint density at radius 2 is 1.46 bits per heavy atom. The van der Waals surface area contributed by atoms with Crippen LogP contribution in [0.25, 0.3) is 16.6 Å². The molecule has 5 aromatic rings. The second kappa shape index (κ2) is 11.5. The molecule has 196 valence electrons. The van der Waals surface area contributed by atoms with Gasteiger partial charge in [-0.3, -0.25) is 14.2 Å². The Hall–Kier alpha value is -4.51. The lowest BCUT2D eigenvalue weighted by Crippen LogP contribution is -2.39. The Morgan fingerprint density at radius 1 is 0.846 bits per heavy atom. The predicted molar refractivity (Wildman–Crippen MR) is 157 cm³/mol. The van der Waals surface area contributed by atoms with Gasteiger partial charge in [0.1, 0.15) is 5.82 Å². The lowest BCUT2D eigenvalue weighted by atomic mass is 9.94. The van der Waals surface area contributed by atoms with Gasteiger partial charge >= 0.3 is 0 Å². The van der Waals surface area contributed by atoms with Crippen molar-refractivity contribution in [1.82, 2.24) is 14.5 Å². The molecule has 1 amide bonds. The molecule has 0 saturated carbocycles. The van der Waals surface area contributed by atoms with Crippen LogP contribution in [0.4, 0.5) is 0 Å². The van der Waals surface area contributed by atoms with Crippen LogP contribution in [0.15, 0.2) is 114 Å². The molecule has 0 aliphatic carbocycles. The maximum Gasteiger partial charge on any atom is 0.266 e. The molecule has 5 heteroatoms. The summed E-state index contributed by atoms with van der Waals surface area (Å²) in [6.45, 7) is 6.43. The Kier molecular flexibility index (Phi) is 7.69. The zero-order chi connectivity index (χ0) is 27.4. The summed E-state index contributed by atoms with van der Waals surface area (Å²) in [6, 6.07) is 34.7. The number of hydrogen-bond acceptors (Lipinski definition) is 3. The lowest BCUT2D eigenvalue weighted by Gasteiger charge is -2.33. The quantitative estimate of drug-likeness (QED) is 0.224. The van der Waals surface area contributed by atoms with E-state index in [1.165, 1.54) is 0 Å². The van der Waals surface area contributed by atoms with Crippen molar-refractivity contribution in [2.24, 2.45) is 0 Å². The molecule has 39 heavy (non-hydrogen) atoms. The summed E-state index contributed by atoms with van der Waals surface area (Å²) in [7, 11) is 0. The number of nitrogens with zero attached hydrogens (tertiary/aromatic N) is 3. The summed E-state index contributed by atoms with van der Waals surface area (Å²) in [5.41, 5.74) is 4.31. The number of para-hydroxylation sites is 1. The van der Waals surface area contributed by atoms with Crippen molar-refractivity contribution in [2.45, 2.75) is 45.7 Å². The zero-order valence-corrected chi connectivity index (χ0v) is 22.6. The molecular weight excluding hydrogens is 482 g/mol. The van der Waals surface area contributed by atoms with Crippen molar-refractivity contribution in [2.75, 3.05) is 0 Å². The molecule has 1 heterocycles. The van der Waals surface area contributed by atoms with E-state index < -0.39 is 6.04 Å². The van der Waals surface area contributed by atoms with Crippen LogP contribution >= 0.6 is 0 Å². The van der Waals surface area contributed by atoms with Crippen molar-refractivity contribution in [1.29, 1.82) is 0 Å². The van der Waals surface area contributed by atoms with Crippen LogP contribution in [0.2, 0.25) is 0 Å². The molecule has 5 nitrogen and oxygen atoms in total. The SMILES string of the molecule is CCC(C(=O)N(Cc1ccccc1)C(C)c1nc2ccccc2c(=O)n1-c1ccc(C)cc1)c1ccccc1. The smallest absolute Gasteiger partial charge is 0.266 e. The number of hydrogen-bond donors (Lipinski definition) is 0. The van der Waals surface area contributed by atoms with E-state index in [1.54, 1.807) is 10.6 Å². The molecule has 0 aliphatic heterocycles. The highest BCUT2D eigenvalue weighted by atomic mass is 16.2. The molecular formula is C34H33N3O2. The Balaban J connectivity index is 1.68. The van der Waals surface area contributed by atoms with Gasteiger partial charge in [0.2, 0.25) is 5.91 Å². The van der Waals surface area contributed by atoms with Gasteiger partial charge in [-0.15, -0.1) is 0 Å². The molecule has 0 saturated heterocycles. The second-order valence-electron chi connectivity index (χ2n) is 9.96. The molecule has 1 aromatic heterocycles. The summed E-state index contributed by atoms with van der Waals surface area (Å²) < 4.78 is 1.67. The maximum absolute atomic E-state index is 14.3. The first-order chi connectivity index (χ1) is 19.0. The first-order valence-corrected chi connectivity index (χ1v) is 13.5. The molecule has 2 unspecified atom stereocenters. The monoisotopic (exact) mass is 515 g/mol. The third-order valence-electron chi connectivity index (χ3n) is 7.32. The van der Waals surface area contributed by atoms with Gasteiger partial charge in [-0.1, -0.05) is 97.4 Å². The highest BCUT2D eigenvalue weighted by Gasteiger charge is 2.31. The summed E-state index contributed by atoms with van der Waals surface area (Å²) in [6.07, 6.45) is 0.663. The summed E-state index contributed by atoms with van der Waals surface area (Å²) in [5.74, 6) is 0.241. The van der Waals surface area contributed by atoms with Gasteiger partial charge in [0.05, 0.1) is 28.6 Å². The van der Waals surface area contributed by atoms with Gasteiger partial charge in [0.15, 0.2) is 0 Å². The number of benzene rings is 4. The minimum Gasteiger partial charge on any atom is -0.328 e. The van der Waals surface area contributed by atoms with Crippen LogP contribution in [0, 0.1) is 6.92 Å². The minimum atomic E-state index is -0.478. The van der Waals surface area contributed by atoms with E-state index in [0.717, 1.165) is 22.4 Å². The minimum absolute atomic E-state index is 0.0120. The predicted octanol–water partition coefficient (Wildman–Crippen LogP) is 6.98. The van der Waals surface area contributed by atoms with Crippen LogP contribution in [-0.4, -0.2) is 20.4 Å². The third kappa shape index (κ3) is 5.39. The largest absolute Gasteiger partial charge is 0.328 e. The summed E-state index contributed by atoms with van der Waals surface area (Å²) in [4.78, 5) is 35.1. The fraction of sp³-hybridized carbons (Fsp3) is 0.206. The van der Waals surface area contributed by atoms with Crippen molar-refractivity contribution in [3.63, 3.8) is 0 Å². The number of carbonyl (C=O) groups is 1. The molecule has 0 spiro atoms. The number of rotatable bonds is 8. The van der Waals surface area contributed by atoms with E-state index in [-0.39, 0.29) is 17.4 Å². The fourth-order valence-electron chi connectivity index (χ4n) is 5.14. The molecule has 0 fully saturated rings. The van der Waals surface area contributed by atoms with Crippen LogP contribution < -0.4 is 5.56 Å². The number of carbonyl (C=O) groups excluding carboxylic acids is 1. The number of fused-ring (bicyclic) bond motifs is 1. The van der Waals surface area contributed by atoms with Crippen molar-refractivity contribution >= 4 is 16.8 Å². The fourth-order valence-corrected chi connectivity index (χ4v) is 5.14. The van der Waals surface area contributed by atoms with Crippen LogP contribution in [0.5, 0.6) is 0 Å². The number of aromatic nitrogens is 2. The Bertz CT molecular complexity index is 1630. The van der Waals surface area contributed by atoms with Crippen molar-refractivity contribution in [3.8, 4) is 5.69 Å². The van der Waals surface area contributed by atoms with Crippen molar-refractivity contribution in [3.05, 3.63) is 142 Å². The first kappa shape index (κ1) is 26.1. The summed E-state index contributed by atoms with van der Waals surface area (Å²) in [5, 5.41) is 0.547. The van der Waals surface area contributed by atoms with Gasteiger partial charge in [-0.25, -0.2) is 4.98 Å². The molecule has 0 bridgehead atoms. The van der Waals surface area contributed by atoms with E-state index >= 15 is 0 Å². The van der Waals surface area contributed by atoms with Crippen LogP contribution in [0.3, 0.4) is 0 Å². The van der Waals surface area contributed by atoms with E-state index in [9.17, 15) is 9.59 Å². The zero-order valence-electron chi connectivity index (χ0n) is 22.6. The highest BCUT2D eigenvalue weighted by Crippen LogP contribution is 2.30. The van der Waals surface area contributed by atoms with Gasteiger partial charge in [0.25, 0.3) is 5.56 Å². The van der Waals surface area contributed by atoms with Gasteiger partial charge in [-0.05, 0) is 55.7 Å². The van der Waals surface area contributed by atoms with Gasteiger partial charge < -0.3 is 4.90 Å². The molecule has 0 N–H and O–H groups in total. The van der Waals surface area contributed by atoms with Crippen LogP contribution in [0.1, 0.15) is 54.7 Å². The van der Waals surface area contributed by atoms with E-state index in [0.29, 0.717) is 29.7 Å². The maximum atomic E-state index is 14.3. The Morgan fingerprint density at radius 3 is 2.13 bits per heavy atom. The molecule has 5 rings (SSSR count). The normalized spacial score (nSPS) is 12.7. The molecule has 2 atom stereocenters. The Labute approximate surface area is 229 Å². The summed E-state index contributed by atoms with van der Waals surface area (Å²) >= 11 is 0. The molecule has 0 aliphatic rings. The standard InChI is InChI=1S/C34H33N3O2/c1-4-29(27-15-9-6-10-16-27)33(38)36(23-26-13-7-5-8-14-26)25(3)32-35-31-18-12-11-17-30(31)34(39)37(32)28-21-19-24(2)20-22-28/h5-22,25,29H,4,23H2,1-3H3. The average molecular weight is 516 g/mol. The number of amides is 1. The molecule has 0 radical (unpaired) electrons. The highest BCUT2D eigenvalue weighted by molar-refractivity contribution is 5.84. The van der Waals surface area contributed by atoms with E-state index in [4.69, 9.17) is 4.98 Å². The third-order valence-corrected chi connectivity index (χ3v) is 7.32. The topological polar surface area (TPSA) is 55.2 Å². The lowest BCUT2D eigenvalue weighted by molar-refractivity contribution is -0.136. The number of aryl methyl sites for hydroxylation is 1. The van der Waals surface area contributed by atoms with Crippen LogP contribution in [-0.2, 0) is 11.3 Å². The van der Waals surface area contributed by atoms with Gasteiger partial charge in [-0.2, -0.15) is 0 Å². The van der Waals surface area contributed by atoms with Crippen molar-refractivity contribution < 1.29 is 4.79 Å². The molecule has 4 aromatic carbocycles.